The second kappa shape index (κ2) is 5.66. The van der Waals surface area contributed by atoms with E-state index in [0.29, 0.717) is 12.1 Å². The molecule has 2 aromatic rings. The molecule has 0 saturated heterocycles. The highest BCUT2D eigenvalue weighted by atomic mass is 32.1. The molecule has 5 heteroatoms. The first kappa shape index (κ1) is 12.6. The lowest BCUT2D eigenvalue weighted by atomic mass is 10.1. The third-order valence-corrected chi connectivity index (χ3v) is 3.31. The molecular formula is C13H13NO3S. The number of phenolic OH excluding ortho intramolecular Hbond substituents is 1. The number of benzene rings is 1. The lowest BCUT2D eigenvalue weighted by Crippen LogP contribution is -2.27. The van der Waals surface area contributed by atoms with Gasteiger partial charge in [0.2, 0.25) is 0 Å². The summed E-state index contributed by atoms with van der Waals surface area (Å²) in [5.41, 5.74) is 1.40. The molecule has 1 aromatic heterocycles. The van der Waals surface area contributed by atoms with E-state index in [1.165, 1.54) is 11.3 Å². The fraction of sp³-hybridized carbons (Fsp3) is 0.154. The van der Waals surface area contributed by atoms with Crippen LogP contribution in [0.15, 0.2) is 41.1 Å². The summed E-state index contributed by atoms with van der Waals surface area (Å²) in [6.07, 6.45) is 0. The van der Waals surface area contributed by atoms with Crippen molar-refractivity contribution in [1.29, 1.82) is 0 Å². The van der Waals surface area contributed by atoms with E-state index in [0.717, 1.165) is 5.56 Å². The number of aliphatic carboxylic acids is 1. The van der Waals surface area contributed by atoms with Gasteiger partial charge in [0, 0.05) is 12.1 Å². The minimum absolute atomic E-state index is 0.166. The number of rotatable bonds is 5. The van der Waals surface area contributed by atoms with Crippen LogP contribution in [0.1, 0.15) is 17.2 Å². The second-order valence-electron chi connectivity index (χ2n) is 3.84. The van der Waals surface area contributed by atoms with Crippen molar-refractivity contribution >= 4 is 17.3 Å². The molecule has 0 aliphatic carbocycles. The maximum atomic E-state index is 11.2. The molecule has 2 rings (SSSR count). The Morgan fingerprint density at radius 3 is 2.72 bits per heavy atom. The normalized spacial score (nSPS) is 12.2. The van der Waals surface area contributed by atoms with Gasteiger partial charge in [0.05, 0.1) is 0 Å². The van der Waals surface area contributed by atoms with Gasteiger partial charge in [0.1, 0.15) is 11.8 Å². The number of nitrogens with one attached hydrogen (secondary N) is 1. The molecule has 1 unspecified atom stereocenters. The van der Waals surface area contributed by atoms with Crippen molar-refractivity contribution in [1.82, 2.24) is 5.32 Å². The molecule has 1 atom stereocenters. The van der Waals surface area contributed by atoms with Crippen LogP contribution >= 0.6 is 11.3 Å². The maximum Gasteiger partial charge on any atom is 0.325 e. The van der Waals surface area contributed by atoms with Gasteiger partial charge in [0.15, 0.2) is 0 Å². The Morgan fingerprint density at radius 2 is 2.11 bits per heavy atom. The number of phenols is 1. The van der Waals surface area contributed by atoms with Crippen molar-refractivity contribution in [2.24, 2.45) is 0 Å². The van der Waals surface area contributed by atoms with Gasteiger partial charge in [-0.15, -0.1) is 0 Å². The number of carboxylic acid groups (broad SMARTS) is 1. The summed E-state index contributed by atoms with van der Waals surface area (Å²) in [5, 5.41) is 25.3. The van der Waals surface area contributed by atoms with Gasteiger partial charge in [-0.3, -0.25) is 10.1 Å². The largest absolute Gasteiger partial charge is 0.508 e. The molecule has 1 aromatic carbocycles. The monoisotopic (exact) mass is 263 g/mol. The third-order valence-electron chi connectivity index (χ3n) is 2.61. The molecule has 4 nitrogen and oxygen atoms in total. The van der Waals surface area contributed by atoms with Crippen molar-refractivity contribution in [3.8, 4) is 5.75 Å². The highest BCUT2D eigenvalue weighted by Gasteiger charge is 2.19. The van der Waals surface area contributed by atoms with Crippen LogP contribution < -0.4 is 5.32 Å². The van der Waals surface area contributed by atoms with Gasteiger partial charge in [-0.25, -0.2) is 0 Å². The third kappa shape index (κ3) is 2.88. The zero-order valence-electron chi connectivity index (χ0n) is 9.54. The molecule has 0 bridgehead atoms. The van der Waals surface area contributed by atoms with E-state index in [1.807, 2.05) is 5.38 Å². The average molecular weight is 263 g/mol. The topological polar surface area (TPSA) is 69.6 Å². The van der Waals surface area contributed by atoms with Crippen LogP contribution in [0.2, 0.25) is 0 Å². The maximum absolute atomic E-state index is 11.2. The zero-order chi connectivity index (χ0) is 13.0. The number of carbonyl (C=O) groups is 1. The second-order valence-corrected chi connectivity index (χ2v) is 4.62. The Kier molecular flexibility index (Phi) is 3.96. The quantitative estimate of drug-likeness (QED) is 0.774. The Hall–Kier alpha value is -1.85. The fourth-order valence-electron chi connectivity index (χ4n) is 1.66. The molecule has 0 aliphatic heterocycles. The smallest absolute Gasteiger partial charge is 0.325 e. The number of thiophene rings is 1. The van der Waals surface area contributed by atoms with Crippen LogP contribution in [-0.4, -0.2) is 16.2 Å². The standard InChI is InChI=1S/C13H13NO3S/c15-11-4-2-1-3-9(11)7-14-12(13(16)17)10-5-6-18-8-10/h1-6,8,12,14-15H,7H2,(H,16,17). The molecule has 0 aliphatic rings. The highest BCUT2D eigenvalue weighted by molar-refractivity contribution is 7.08. The first-order valence-electron chi connectivity index (χ1n) is 5.43. The molecule has 1 heterocycles. The van der Waals surface area contributed by atoms with Crippen molar-refractivity contribution in [2.45, 2.75) is 12.6 Å². The lowest BCUT2D eigenvalue weighted by molar-refractivity contribution is -0.139. The van der Waals surface area contributed by atoms with Crippen molar-refractivity contribution in [3.05, 3.63) is 52.2 Å². The van der Waals surface area contributed by atoms with Crippen LogP contribution in [0.5, 0.6) is 5.75 Å². The van der Waals surface area contributed by atoms with Gasteiger partial charge in [-0.05, 0) is 28.5 Å². The molecule has 0 radical (unpaired) electrons. The summed E-state index contributed by atoms with van der Waals surface area (Å²) in [7, 11) is 0. The number of hydrogen-bond acceptors (Lipinski definition) is 4. The van der Waals surface area contributed by atoms with Crippen molar-refractivity contribution < 1.29 is 15.0 Å². The minimum Gasteiger partial charge on any atom is -0.508 e. The van der Waals surface area contributed by atoms with E-state index >= 15 is 0 Å². The Bertz CT molecular complexity index is 525. The Morgan fingerprint density at radius 1 is 1.33 bits per heavy atom. The van der Waals surface area contributed by atoms with Gasteiger partial charge in [0.25, 0.3) is 0 Å². The summed E-state index contributed by atoms with van der Waals surface area (Å²) in [6.45, 7) is 0.305. The molecule has 0 fully saturated rings. The molecule has 0 amide bonds. The van der Waals surface area contributed by atoms with E-state index in [4.69, 9.17) is 0 Å². The molecule has 3 N–H and O–H groups in total. The van der Waals surface area contributed by atoms with E-state index in [9.17, 15) is 15.0 Å². The summed E-state index contributed by atoms with van der Waals surface area (Å²) in [6, 6.07) is 7.90. The number of hydrogen-bond donors (Lipinski definition) is 3. The summed E-state index contributed by atoms with van der Waals surface area (Å²) < 4.78 is 0. The zero-order valence-corrected chi connectivity index (χ0v) is 10.4. The van der Waals surface area contributed by atoms with E-state index in [1.54, 1.807) is 35.7 Å². The van der Waals surface area contributed by atoms with Crippen LogP contribution in [0.4, 0.5) is 0 Å². The SMILES string of the molecule is O=C(O)C(NCc1ccccc1O)c1ccsc1. The van der Waals surface area contributed by atoms with Crippen LogP contribution in [0.3, 0.4) is 0 Å². The van der Waals surface area contributed by atoms with E-state index in [-0.39, 0.29) is 5.75 Å². The fourth-order valence-corrected chi connectivity index (χ4v) is 2.35. The molecule has 94 valence electrons. The number of para-hydroxylation sites is 1. The predicted octanol–water partition coefficient (Wildman–Crippen LogP) is 2.37. The van der Waals surface area contributed by atoms with Gasteiger partial charge >= 0.3 is 5.97 Å². The molecular weight excluding hydrogens is 250 g/mol. The highest BCUT2D eigenvalue weighted by Crippen LogP contribution is 2.20. The summed E-state index contributed by atoms with van der Waals surface area (Å²) in [4.78, 5) is 11.2. The summed E-state index contributed by atoms with van der Waals surface area (Å²) >= 11 is 1.46. The van der Waals surface area contributed by atoms with Crippen molar-refractivity contribution in [3.63, 3.8) is 0 Å². The first-order chi connectivity index (χ1) is 8.68. The van der Waals surface area contributed by atoms with E-state index in [2.05, 4.69) is 5.32 Å². The molecule has 18 heavy (non-hydrogen) atoms. The van der Waals surface area contributed by atoms with Gasteiger partial charge < -0.3 is 10.2 Å². The van der Waals surface area contributed by atoms with E-state index < -0.39 is 12.0 Å². The predicted molar refractivity (Wildman–Crippen MR) is 69.6 cm³/mol. The average Bonchev–Trinajstić information content (AvgIpc) is 2.85. The van der Waals surface area contributed by atoms with Crippen LogP contribution in [0, 0.1) is 0 Å². The molecule has 0 spiro atoms. The van der Waals surface area contributed by atoms with Crippen LogP contribution in [-0.2, 0) is 11.3 Å². The Balaban J connectivity index is 2.08. The summed E-state index contributed by atoms with van der Waals surface area (Å²) in [5.74, 6) is -0.761. The number of aromatic hydroxyl groups is 1. The Labute approximate surface area is 109 Å². The van der Waals surface area contributed by atoms with Gasteiger partial charge in [-0.2, -0.15) is 11.3 Å². The minimum atomic E-state index is -0.927. The molecule has 0 saturated carbocycles. The first-order valence-corrected chi connectivity index (χ1v) is 6.38. The van der Waals surface area contributed by atoms with Crippen molar-refractivity contribution in [2.75, 3.05) is 0 Å². The van der Waals surface area contributed by atoms with Gasteiger partial charge in [-0.1, -0.05) is 18.2 Å². The number of carboxylic acids is 1. The van der Waals surface area contributed by atoms with Crippen LogP contribution in [0.25, 0.3) is 0 Å². The lowest BCUT2D eigenvalue weighted by Gasteiger charge is -2.13.